The van der Waals surface area contributed by atoms with Gasteiger partial charge in [-0.3, -0.25) is 9.69 Å². The number of hydrogen-bond donors (Lipinski definition) is 0. The van der Waals surface area contributed by atoms with Gasteiger partial charge in [0.1, 0.15) is 5.75 Å². The number of benzene rings is 1. The molecule has 27 heavy (non-hydrogen) atoms. The predicted molar refractivity (Wildman–Crippen MR) is 102 cm³/mol. The Morgan fingerprint density at radius 3 is 2.67 bits per heavy atom. The van der Waals surface area contributed by atoms with Crippen molar-refractivity contribution in [2.75, 3.05) is 33.3 Å². The molecule has 7 heteroatoms. The highest BCUT2D eigenvalue weighted by molar-refractivity contribution is 5.76. The van der Waals surface area contributed by atoms with Crippen LogP contribution in [0.4, 0.5) is 0 Å². The molecule has 0 spiro atoms. The molecule has 146 valence electrons. The summed E-state index contributed by atoms with van der Waals surface area (Å²) in [5.41, 5.74) is 1.12. The number of aromatic nitrogens is 2. The number of amides is 1. The fraction of sp³-hybridized carbons (Fsp3) is 0.550. The lowest BCUT2D eigenvalue weighted by Gasteiger charge is -2.34. The van der Waals surface area contributed by atoms with Gasteiger partial charge in [0.05, 0.1) is 13.7 Å². The van der Waals surface area contributed by atoms with E-state index in [0.29, 0.717) is 24.7 Å². The Balaban J connectivity index is 1.43. The number of aryl methyl sites for hydroxylation is 1. The van der Waals surface area contributed by atoms with Crippen LogP contribution in [0.25, 0.3) is 0 Å². The molecule has 2 aromatic rings. The zero-order chi connectivity index (χ0) is 19.2. The summed E-state index contributed by atoms with van der Waals surface area (Å²) in [6.45, 7) is 7.84. The van der Waals surface area contributed by atoms with Crippen molar-refractivity contribution < 1.29 is 13.9 Å². The van der Waals surface area contributed by atoms with Crippen LogP contribution in [0.5, 0.6) is 5.75 Å². The minimum Gasteiger partial charge on any atom is -0.497 e. The van der Waals surface area contributed by atoms with Crippen molar-refractivity contribution in [3.05, 3.63) is 41.6 Å². The van der Waals surface area contributed by atoms with Crippen molar-refractivity contribution in [1.82, 2.24) is 20.0 Å². The van der Waals surface area contributed by atoms with Crippen LogP contribution in [0.3, 0.4) is 0 Å². The molecule has 1 aliphatic heterocycles. The molecule has 1 aromatic heterocycles. The predicted octanol–water partition coefficient (Wildman–Crippen LogP) is 2.48. The van der Waals surface area contributed by atoms with Crippen LogP contribution in [0.2, 0.25) is 0 Å². The first-order valence-corrected chi connectivity index (χ1v) is 9.50. The first kappa shape index (κ1) is 19.4. The van der Waals surface area contributed by atoms with E-state index in [1.54, 1.807) is 7.11 Å². The van der Waals surface area contributed by atoms with Crippen LogP contribution in [0.1, 0.15) is 43.5 Å². The number of methoxy groups -OCH3 is 1. The maximum atomic E-state index is 12.5. The van der Waals surface area contributed by atoms with Gasteiger partial charge < -0.3 is 14.1 Å². The van der Waals surface area contributed by atoms with Gasteiger partial charge in [0.15, 0.2) is 0 Å². The summed E-state index contributed by atoms with van der Waals surface area (Å²) in [5, 5.41) is 8.19. The van der Waals surface area contributed by atoms with Crippen LogP contribution >= 0.6 is 0 Å². The van der Waals surface area contributed by atoms with Crippen LogP contribution < -0.4 is 4.74 Å². The third-order valence-electron chi connectivity index (χ3n) is 4.82. The minimum atomic E-state index is 0.206. The van der Waals surface area contributed by atoms with Crippen molar-refractivity contribution in [3.8, 4) is 5.75 Å². The first-order chi connectivity index (χ1) is 13.0. The van der Waals surface area contributed by atoms with Gasteiger partial charge in [0, 0.05) is 38.5 Å². The number of hydrogen-bond acceptors (Lipinski definition) is 6. The van der Waals surface area contributed by atoms with Crippen molar-refractivity contribution >= 4 is 5.91 Å². The number of ether oxygens (including phenoxy) is 1. The second-order valence-corrected chi connectivity index (χ2v) is 7.20. The second kappa shape index (κ2) is 8.99. The van der Waals surface area contributed by atoms with Crippen LogP contribution in [-0.2, 0) is 17.8 Å². The normalized spacial score (nSPS) is 15.3. The third-order valence-corrected chi connectivity index (χ3v) is 4.82. The van der Waals surface area contributed by atoms with E-state index in [9.17, 15) is 4.79 Å². The molecule has 0 unspecified atom stereocenters. The van der Waals surface area contributed by atoms with Gasteiger partial charge >= 0.3 is 0 Å². The van der Waals surface area contributed by atoms with E-state index in [4.69, 9.17) is 9.15 Å². The van der Waals surface area contributed by atoms with Gasteiger partial charge in [-0.25, -0.2) is 0 Å². The number of rotatable bonds is 7. The van der Waals surface area contributed by atoms with Gasteiger partial charge in [-0.1, -0.05) is 26.0 Å². The van der Waals surface area contributed by atoms with Crippen molar-refractivity contribution in [2.24, 2.45) is 0 Å². The van der Waals surface area contributed by atoms with E-state index in [-0.39, 0.29) is 11.8 Å². The fourth-order valence-electron chi connectivity index (χ4n) is 3.15. The Hall–Kier alpha value is -2.41. The SMILES string of the molecule is COc1cccc(CCC(=O)N2CCN(Cc3nnc(C(C)C)o3)CC2)c1. The summed E-state index contributed by atoms with van der Waals surface area (Å²) in [5.74, 6) is 2.60. The van der Waals surface area contributed by atoms with E-state index in [2.05, 4.69) is 15.1 Å². The Kier molecular flexibility index (Phi) is 6.45. The lowest BCUT2D eigenvalue weighted by molar-refractivity contribution is -0.133. The molecule has 0 atom stereocenters. The fourth-order valence-corrected chi connectivity index (χ4v) is 3.15. The minimum absolute atomic E-state index is 0.206. The lowest BCUT2D eigenvalue weighted by atomic mass is 10.1. The largest absolute Gasteiger partial charge is 0.497 e. The van der Waals surface area contributed by atoms with Gasteiger partial charge in [0.2, 0.25) is 17.7 Å². The topological polar surface area (TPSA) is 71.7 Å². The maximum Gasteiger partial charge on any atom is 0.230 e. The van der Waals surface area contributed by atoms with Gasteiger partial charge in [0.25, 0.3) is 0 Å². The monoisotopic (exact) mass is 372 g/mol. The Labute approximate surface area is 160 Å². The quantitative estimate of drug-likeness (QED) is 0.744. The first-order valence-electron chi connectivity index (χ1n) is 9.50. The van der Waals surface area contributed by atoms with Gasteiger partial charge in [-0.05, 0) is 24.1 Å². The molecule has 1 aliphatic rings. The summed E-state index contributed by atoms with van der Waals surface area (Å²) in [6.07, 6.45) is 1.25. The highest BCUT2D eigenvalue weighted by atomic mass is 16.5. The van der Waals surface area contributed by atoms with Crippen molar-refractivity contribution in [3.63, 3.8) is 0 Å². The standard InChI is InChI=1S/C20H28N4O3/c1-15(2)20-22-21-18(27-20)14-23-9-11-24(12-10-23)19(25)8-7-16-5-4-6-17(13-16)26-3/h4-6,13,15H,7-12,14H2,1-3H3. The lowest BCUT2D eigenvalue weighted by Crippen LogP contribution is -2.48. The van der Waals surface area contributed by atoms with Crippen molar-refractivity contribution in [2.45, 2.75) is 39.2 Å². The van der Waals surface area contributed by atoms with Crippen LogP contribution in [-0.4, -0.2) is 59.2 Å². The van der Waals surface area contributed by atoms with Gasteiger partial charge in [-0.15, -0.1) is 10.2 Å². The zero-order valence-electron chi connectivity index (χ0n) is 16.4. The summed E-state index contributed by atoms with van der Waals surface area (Å²) in [7, 11) is 1.65. The van der Waals surface area contributed by atoms with E-state index < -0.39 is 0 Å². The van der Waals surface area contributed by atoms with Crippen LogP contribution in [0.15, 0.2) is 28.7 Å². The number of carbonyl (C=O) groups excluding carboxylic acids is 1. The molecular formula is C20H28N4O3. The number of carbonyl (C=O) groups is 1. The Morgan fingerprint density at radius 2 is 2.00 bits per heavy atom. The molecule has 7 nitrogen and oxygen atoms in total. The average Bonchev–Trinajstić information content (AvgIpc) is 3.16. The Bertz CT molecular complexity index is 751. The van der Waals surface area contributed by atoms with E-state index >= 15 is 0 Å². The highest BCUT2D eigenvalue weighted by Gasteiger charge is 2.22. The average molecular weight is 372 g/mol. The Morgan fingerprint density at radius 1 is 1.22 bits per heavy atom. The molecule has 0 saturated carbocycles. The molecule has 0 radical (unpaired) electrons. The van der Waals surface area contributed by atoms with Crippen molar-refractivity contribution in [1.29, 1.82) is 0 Å². The molecule has 1 fully saturated rings. The molecule has 3 rings (SSSR count). The number of nitrogens with zero attached hydrogens (tertiary/aromatic N) is 4. The van der Waals surface area contributed by atoms with Crippen LogP contribution in [0, 0.1) is 0 Å². The summed E-state index contributed by atoms with van der Waals surface area (Å²) in [4.78, 5) is 16.7. The molecule has 0 aliphatic carbocycles. The summed E-state index contributed by atoms with van der Waals surface area (Å²) >= 11 is 0. The highest BCUT2D eigenvalue weighted by Crippen LogP contribution is 2.16. The molecule has 0 bridgehead atoms. The number of piperazine rings is 1. The molecule has 0 N–H and O–H groups in total. The molecule has 1 saturated heterocycles. The maximum absolute atomic E-state index is 12.5. The molecule has 1 aromatic carbocycles. The molecule has 2 heterocycles. The van der Waals surface area contributed by atoms with Gasteiger partial charge in [-0.2, -0.15) is 0 Å². The summed E-state index contributed by atoms with van der Waals surface area (Å²) < 4.78 is 10.9. The zero-order valence-corrected chi connectivity index (χ0v) is 16.4. The van der Waals surface area contributed by atoms with E-state index in [1.165, 1.54) is 0 Å². The molecule has 1 amide bonds. The van der Waals surface area contributed by atoms with E-state index in [0.717, 1.165) is 43.9 Å². The smallest absolute Gasteiger partial charge is 0.230 e. The second-order valence-electron chi connectivity index (χ2n) is 7.20. The molecular weight excluding hydrogens is 344 g/mol. The third kappa shape index (κ3) is 5.29. The summed E-state index contributed by atoms with van der Waals surface area (Å²) in [6, 6.07) is 7.89. The van der Waals surface area contributed by atoms with E-state index in [1.807, 2.05) is 43.0 Å².